The molecule has 2 aromatic rings. The molecule has 0 aliphatic carbocycles. The molecule has 6 nitrogen and oxygen atoms in total. The van der Waals surface area contributed by atoms with Crippen molar-refractivity contribution in [3.05, 3.63) is 48.2 Å². The van der Waals surface area contributed by atoms with Crippen LogP contribution in [0.25, 0.3) is 0 Å². The average Bonchev–Trinajstić information content (AvgIpc) is 2.76. The van der Waals surface area contributed by atoms with Crippen molar-refractivity contribution in [3.8, 4) is 11.6 Å². The first-order chi connectivity index (χ1) is 13.7. The molecule has 2 fully saturated rings. The average molecular weight is 385 g/mol. The third-order valence-electron chi connectivity index (χ3n) is 5.42. The van der Waals surface area contributed by atoms with Gasteiger partial charge in [0, 0.05) is 50.5 Å². The van der Waals surface area contributed by atoms with E-state index < -0.39 is 5.82 Å². The Morgan fingerprint density at radius 3 is 2.75 bits per heavy atom. The maximum atomic E-state index is 14.0. The maximum Gasteiger partial charge on any atom is 0.241 e. The second-order valence-corrected chi connectivity index (χ2v) is 7.29. The second kappa shape index (κ2) is 8.65. The molecule has 28 heavy (non-hydrogen) atoms. The first-order valence-corrected chi connectivity index (χ1v) is 9.82. The number of benzene rings is 1. The summed E-state index contributed by atoms with van der Waals surface area (Å²) in [5, 5.41) is 0. The molecule has 1 aromatic carbocycles. The molecule has 7 heteroatoms. The predicted octanol–water partition coefficient (Wildman–Crippen LogP) is 3.54. The highest BCUT2D eigenvalue weighted by Crippen LogP contribution is 2.34. The van der Waals surface area contributed by atoms with Crippen LogP contribution in [0.1, 0.15) is 37.3 Å². The van der Waals surface area contributed by atoms with E-state index in [2.05, 4.69) is 9.97 Å². The number of rotatable bonds is 4. The Balaban J connectivity index is 1.51. The third kappa shape index (κ3) is 4.14. The summed E-state index contributed by atoms with van der Waals surface area (Å²) >= 11 is 0. The summed E-state index contributed by atoms with van der Waals surface area (Å²) in [6.45, 7) is 2.65. The predicted molar refractivity (Wildman–Crippen MR) is 101 cm³/mol. The molecule has 0 saturated carbocycles. The van der Waals surface area contributed by atoms with Crippen LogP contribution in [0.5, 0.6) is 11.6 Å². The van der Waals surface area contributed by atoms with Gasteiger partial charge in [0.1, 0.15) is 5.69 Å². The van der Waals surface area contributed by atoms with Crippen molar-refractivity contribution in [1.82, 2.24) is 14.9 Å². The van der Waals surface area contributed by atoms with Gasteiger partial charge in [-0.3, -0.25) is 9.78 Å². The number of amides is 1. The zero-order valence-corrected chi connectivity index (χ0v) is 15.7. The van der Waals surface area contributed by atoms with E-state index in [1.54, 1.807) is 24.4 Å². The smallest absolute Gasteiger partial charge is 0.241 e. The molecule has 1 aromatic heterocycles. The van der Waals surface area contributed by atoms with Gasteiger partial charge >= 0.3 is 0 Å². The minimum atomic E-state index is -0.445. The summed E-state index contributed by atoms with van der Waals surface area (Å²) in [7, 11) is 0. The highest BCUT2D eigenvalue weighted by atomic mass is 19.1. The number of piperidine rings is 1. The summed E-state index contributed by atoms with van der Waals surface area (Å²) in [5.41, 5.74) is 0.676. The molecular weight excluding hydrogens is 361 g/mol. The monoisotopic (exact) mass is 385 g/mol. The van der Waals surface area contributed by atoms with Gasteiger partial charge in [-0.15, -0.1) is 0 Å². The fourth-order valence-electron chi connectivity index (χ4n) is 3.93. The van der Waals surface area contributed by atoms with Gasteiger partial charge in [-0.1, -0.05) is 12.1 Å². The van der Waals surface area contributed by atoms with Gasteiger partial charge in [0.15, 0.2) is 11.6 Å². The SMILES string of the molecule is O=C(C1CCOCC1)N1CCC[C@H](c2nccnc2Oc2ccccc2F)C1. The summed E-state index contributed by atoms with van der Waals surface area (Å²) in [6, 6.07) is 6.24. The van der Waals surface area contributed by atoms with Crippen molar-refractivity contribution in [2.45, 2.75) is 31.6 Å². The highest BCUT2D eigenvalue weighted by Gasteiger charge is 2.32. The van der Waals surface area contributed by atoms with Crippen LogP contribution in [-0.2, 0) is 9.53 Å². The number of ether oxygens (including phenoxy) is 2. The number of aromatic nitrogens is 2. The summed E-state index contributed by atoms with van der Waals surface area (Å²) in [5.74, 6) is 0.247. The van der Waals surface area contributed by atoms with E-state index in [9.17, 15) is 9.18 Å². The minimum Gasteiger partial charge on any atom is -0.434 e. The van der Waals surface area contributed by atoms with Crippen LogP contribution in [0, 0.1) is 11.7 Å². The lowest BCUT2D eigenvalue weighted by atomic mass is 9.92. The molecule has 4 rings (SSSR count). The number of likely N-dealkylation sites (tertiary alicyclic amines) is 1. The van der Waals surface area contributed by atoms with Gasteiger partial charge < -0.3 is 14.4 Å². The fourth-order valence-corrected chi connectivity index (χ4v) is 3.93. The molecule has 2 aliphatic rings. The molecule has 2 aliphatic heterocycles. The molecule has 0 spiro atoms. The first-order valence-electron chi connectivity index (χ1n) is 9.82. The topological polar surface area (TPSA) is 64.5 Å². The standard InChI is InChI=1S/C21H24FN3O3/c22-17-5-1-2-6-18(17)28-20-19(23-9-10-24-20)16-4-3-11-25(14-16)21(26)15-7-12-27-13-8-15/h1-2,5-6,9-10,15-16H,3-4,7-8,11-14H2/t16-/m0/s1. The van der Waals surface area contributed by atoms with E-state index in [1.165, 1.54) is 12.3 Å². The van der Waals surface area contributed by atoms with E-state index in [1.807, 2.05) is 4.90 Å². The lowest BCUT2D eigenvalue weighted by Crippen LogP contribution is -2.43. The van der Waals surface area contributed by atoms with Gasteiger partial charge in [0.05, 0.1) is 0 Å². The molecule has 0 unspecified atom stereocenters. The van der Waals surface area contributed by atoms with E-state index in [0.717, 1.165) is 32.2 Å². The summed E-state index contributed by atoms with van der Waals surface area (Å²) in [6.07, 6.45) is 6.51. The Labute approximate surface area is 163 Å². The minimum absolute atomic E-state index is 0.0213. The third-order valence-corrected chi connectivity index (χ3v) is 5.42. The van der Waals surface area contributed by atoms with E-state index in [-0.39, 0.29) is 23.5 Å². The summed E-state index contributed by atoms with van der Waals surface area (Å²) in [4.78, 5) is 23.6. The molecule has 0 radical (unpaired) electrons. The number of carbonyl (C=O) groups is 1. The normalized spacial score (nSPS) is 20.8. The molecular formula is C21H24FN3O3. The molecule has 0 N–H and O–H groups in total. The Bertz CT molecular complexity index is 826. The van der Waals surface area contributed by atoms with E-state index >= 15 is 0 Å². The van der Waals surface area contributed by atoms with Gasteiger partial charge in [-0.05, 0) is 37.8 Å². The van der Waals surface area contributed by atoms with Crippen LogP contribution < -0.4 is 4.74 Å². The van der Waals surface area contributed by atoms with Crippen molar-refractivity contribution in [3.63, 3.8) is 0 Å². The van der Waals surface area contributed by atoms with Crippen molar-refractivity contribution in [1.29, 1.82) is 0 Å². The number of hydrogen-bond acceptors (Lipinski definition) is 5. The lowest BCUT2D eigenvalue weighted by molar-refractivity contribution is -0.139. The molecule has 148 valence electrons. The van der Waals surface area contributed by atoms with Gasteiger partial charge in [-0.2, -0.15) is 0 Å². The molecule has 2 saturated heterocycles. The molecule has 1 amide bonds. The van der Waals surface area contributed by atoms with Gasteiger partial charge in [0.2, 0.25) is 11.8 Å². The van der Waals surface area contributed by atoms with Crippen molar-refractivity contribution >= 4 is 5.91 Å². The maximum absolute atomic E-state index is 14.0. The molecule has 0 bridgehead atoms. The number of hydrogen-bond donors (Lipinski definition) is 0. The number of para-hydroxylation sites is 1. The van der Waals surface area contributed by atoms with Crippen LogP contribution in [0.4, 0.5) is 4.39 Å². The Morgan fingerprint density at radius 1 is 1.14 bits per heavy atom. The van der Waals surface area contributed by atoms with Crippen LogP contribution >= 0.6 is 0 Å². The van der Waals surface area contributed by atoms with Crippen molar-refractivity contribution in [2.75, 3.05) is 26.3 Å². The van der Waals surface area contributed by atoms with Crippen LogP contribution in [0.2, 0.25) is 0 Å². The Kier molecular flexibility index (Phi) is 5.81. The van der Waals surface area contributed by atoms with Crippen LogP contribution in [0.3, 0.4) is 0 Å². The van der Waals surface area contributed by atoms with E-state index in [4.69, 9.17) is 9.47 Å². The fraction of sp³-hybridized carbons (Fsp3) is 0.476. The first kappa shape index (κ1) is 18.8. The van der Waals surface area contributed by atoms with Gasteiger partial charge in [-0.25, -0.2) is 9.37 Å². The Morgan fingerprint density at radius 2 is 1.93 bits per heavy atom. The molecule has 1 atom stereocenters. The van der Waals surface area contributed by atoms with E-state index in [0.29, 0.717) is 31.3 Å². The number of halogens is 1. The zero-order chi connectivity index (χ0) is 19.3. The van der Waals surface area contributed by atoms with Crippen LogP contribution in [0.15, 0.2) is 36.7 Å². The Hall–Kier alpha value is -2.54. The van der Waals surface area contributed by atoms with Crippen molar-refractivity contribution in [2.24, 2.45) is 5.92 Å². The second-order valence-electron chi connectivity index (χ2n) is 7.29. The number of nitrogens with zero attached hydrogens (tertiary/aromatic N) is 3. The zero-order valence-electron chi connectivity index (χ0n) is 15.7. The molecule has 3 heterocycles. The highest BCUT2D eigenvalue weighted by molar-refractivity contribution is 5.79. The van der Waals surface area contributed by atoms with Crippen LogP contribution in [-0.4, -0.2) is 47.1 Å². The van der Waals surface area contributed by atoms with Crippen molar-refractivity contribution < 1.29 is 18.7 Å². The number of carbonyl (C=O) groups excluding carboxylic acids is 1. The summed E-state index contributed by atoms with van der Waals surface area (Å²) < 4.78 is 25.1. The lowest BCUT2D eigenvalue weighted by Gasteiger charge is -2.35. The largest absolute Gasteiger partial charge is 0.434 e. The van der Waals surface area contributed by atoms with Gasteiger partial charge in [0.25, 0.3) is 0 Å². The quantitative estimate of drug-likeness (QED) is 0.805.